The van der Waals surface area contributed by atoms with Crippen LogP contribution in [0.5, 0.6) is 0 Å². The first-order chi connectivity index (χ1) is 8.15. The van der Waals surface area contributed by atoms with E-state index in [9.17, 15) is 4.79 Å². The summed E-state index contributed by atoms with van der Waals surface area (Å²) >= 11 is 0. The van der Waals surface area contributed by atoms with Gasteiger partial charge in [-0.25, -0.2) is 0 Å². The molecule has 0 aromatic heterocycles. The van der Waals surface area contributed by atoms with Crippen LogP contribution >= 0.6 is 12.4 Å². The predicted octanol–water partition coefficient (Wildman–Crippen LogP) is 3.85. The third kappa shape index (κ3) is 5.65. The van der Waals surface area contributed by atoms with Crippen molar-refractivity contribution < 1.29 is 4.79 Å². The highest BCUT2D eigenvalue weighted by Gasteiger charge is 2.19. The summed E-state index contributed by atoms with van der Waals surface area (Å²) in [5.41, 5.74) is 0.807. The van der Waals surface area contributed by atoms with Crippen LogP contribution in [0.25, 0.3) is 0 Å². The van der Waals surface area contributed by atoms with Gasteiger partial charge in [0.15, 0.2) is 5.78 Å². The van der Waals surface area contributed by atoms with Crippen molar-refractivity contribution in [3.63, 3.8) is 0 Å². The van der Waals surface area contributed by atoms with E-state index >= 15 is 0 Å². The molecular formula is C15H24ClNO. The fourth-order valence-electron chi connectivity index (χ4n) is 1.90. The molecule has 0 heterocycles. The van der Waals surface area contributed by atoms with Gasteiger partial charge >= 0.3 is 0 Å². The molecule has 1 unspecified atom stereocenters. The first-order valence-electron chi connectivity index (χ1n) is 6.50. The molecule has 0 spiro atoms. The number of benzene rings is 1. The lowest BCUT2D eigenvalue weighted by Gasteiger charge is -2.20. The van der Waals surface area contributed by atoms with E-state index in [4.69, 9.17) is 0 Å². The van der Waals surface area contributed by atoms with Crippen molar-refractivity contribution in [2.24, 2.45) is 0 Å². The van der Waals surface area contributed by atoms with Crippen LogP contribution in [0.2, 0.25) is 0 Å². The fraction of sp³-hybridized carbons (Fsp3) is 0.533. The van der Waals surface area contributed by atoms with E-state index in [1.165, 1.54) is 0 Å². The predicted molar refractivity (Wildman–Crippen MR) is 79.6 cm³/mol. The smallest absolute Gasteiger partial charge is 0.179 e. The average Bonchev–Trinajstić information content (AvgIpc) is 2.34. The highest BCUT2D eigenvalue weighted by Crippen LogP contribution is 2.10. The Balaban J connectivity index is 0.00000289. The summed E-state index contributed by atoms with van der Waals surface area (Å²) in [5, 5.41) is 3.36. The summed E-state index contributed by atoms with van der Waals surface area (Å²) in [7, 11) is 0. The van der Waals surface area contributed by atoms with Crippen molar-refractivity contribution in [3.05, 3.63) is 35.9 Å². The van der Waals surface area contributed by atoms with Crippen LogP contribution in [0.1, 0.15) is 50.4 Å². The number of nitrogens with one attached hydrogen (secondary N) is 1. The Morgan fingerprint density at radius 2 is 1.83 bits per heavy atom. The summed E-state index contributed by atoms with van der Waals surface area (Å²) in [6.45, 7) is 6.31. The zero-order valence-corrected chi connectivity index (χ0v) is 12.3. The number of Topliss-reactive ketones (excluding diaryl/α,β-unsaturated/α-hetero) is 1. The molecule has 0 aliphatic carbocycles. The van der Waals surface area contributed by atoms with Crippen molar-refractivity contribution in [3.8, 4) is 0 Å². The van der Waals surface area contributed by atoms with Crippen LogP contribution < -0.4 is 5.32 Å². The van der Waals surface area contributed by atoms with Gasteiger partial charge in [-0.2, -0.15) is 0 Å². The molecule has 2 nitrogen and oxygen atoms in total. The molecule has 0 amide bonds. The van der Waals surface area contributed by atoms with Gasteiger partial charge in [0.05, 0.1) is 6.04 Å². The van der Waals surface area contributed by atoms with Crippen molar-refractivity contribution in [2.75, 3.05) is 0 Å². The SMILES string of the molecule is CCCCC(NC(C)C)C(=O)c1ccccc1.Cl. The maximum atomic E-state index is 12.3. The Bertz CT molecular complexity index is 338. The highest BCUT2D eigenvalue weighted by atomic mass is 35.5. The summed E-state index contributed by atoms with van der Waals surface area (Å²) in [5.74, 6) is 0.216. The molecule has 102 valence electrons. The normalized spacial score (nSPS) is 12.0. The van der Waals surface area contributed by atoms with Gasteiger partial charge in [-0.3, -0.25) is 4.79 Å². The molecule has 0 saturated heterocycles. The third-order valence-electron chi connectivity index (χ3n) is 2.76. The van der Waals surface area contributed by atoms with Gasteiger partial charge in [0.2, 0.25) is 0 Å². The van der Waals surface area contributed by atoms with E-state index in [2.05, 4.69) is 26.1 Å². The molecule has 1 aromatic carbocycles. The Labute approximate surface area is 117 Å². The lowest BCUT2D eigenvalue weighted by molar-refractivity contribution is 0.0931. The van der Waals surface area contributed by atoms with Gasteiger partial charge in [-0.05, 0) is 6.42 Å². The van der Waals surface area contributed by atoms with E-state index in [1.54, 1.807) is 0 Å². The van der Waals surface area contributed by atoms with Gasteiger partial charge in [0.25, 0.3) is 0 Å². The van der Waals surface area contributed by atoms with Gasteiger partial charge in [0.1, 0.15) is 0 Å². The Morgan fingerprint density at radius 1 is 1.22 bits per heavy atom. The molecule has 1 N–H and O–H groups in total. The largest absolute Gasteiger partial charge is 0.305 e. The maximum absolute atomic E-state index is 12.3. The molecule has 0 radical (unpaired) electrons. The van der Waals surface area contributed by atoms with Gasteiger partial charge in [-0.1, -0.05) is 63.9 Å². The molecular weight excluding hydrogens is 246 g/mol. The minimum Gasteiger partial charge on any atom is -0.305 e. The first-order valence-corrected chi connectivity index (χ1v) is 6.50. The third-order valence-corrected chi connectivity index (χ3v) is 2.76. The second-order valence-electron chi connectivity index (χ2n) is 4.75. The molecule has 0 bridgehead atoms. The first kappa shape index (κ1) is 17.1. The zero-order valence-electron chi connectivity index (χ0n) is 11.5. The molecule has 3 heteroatoms. The van der Waals surface area contributed by atoms with Crippen molar-refractivity contribution in [1.29, 1.82) is 0 Å². The number of hydrogen-bond acceptors (Lipinski definition) is 2. The second-order valence-corrected chi connectivity index (χ2v) is 4.75. The van der Waals surface area contributed by atoms with E-state index in [0.29, 0.717) is 6.04 Å². The fourth-order valence-corrected chi connectivity index (χ4v) is 1.90. The Hall–Kier alpha value is -0.860. The number of hydrogen-bond donors (Lipinski definition) is 1. The number of ketones is 1. The van der Waals surface area contributed by atoms with E-state index in [1.807, 2.05) is 30.3 Å². The van der Waals surface area contributed by atoms with Crippen LogP contribution in [-0.2, 0) is 0 Å². The van der Waals surface area contributed by atoms with Crippen molar-refractivity contribution >= 4 is 18.2 Å². The number of halogens is 1. The van der Waals surface area contributed by atoms with Gasteiger partial charge in [-0.15, -0.1) is 12.4 Å². The monoisotopic (exact) mass is 269 g/mol. The summed E-state index contributed by atoms with van der Waals surface area (Å²) in [6, 6.07) is 9.85. The summed E-state index contributed by atoms with van der Waals surface area (Å²) in [6.07, 6.45) is 3.13. The molecule has 0 fully saturated rings. The minimum absolute atomic E-state index is 0. The lowest BCUT2D eigenvalue weighted by Crippen LogP contribution is -2.40. The molecule has 0 aliphatic rings. The lowest BCUT2D eigenvalue weighted by atomic mass is 9.99. The van der Waals surface area contributed by atoms with E-state index in [0.717, 1.165) is 24.8 Å². The second kappa shape index (κ2) is 9.12. The highest BCUT2D eigenvalue weighted by molar-refractivity contribution is 6.00. The standard InChI is InChI=1S/C15H23NO.ClH/c1-4-5-11-14(16-12(2)3)15(17)13-9-7-6-8-10-13;/h6-10,12,14,16H,4-5,11H2,1-3H3;1H. The Kier molecular flexibility index (Phi) is 8.69. The number of carbonyl (C=O) groups excluding carboxylic acids is 1. The summed E-state index contributed by atoms with van der Waals surface area (Å²) in [4.78, 5) is 12.3. The van der Waals surface area contributed by atoms with Crippen LogP contribution in [-0.4, -0.2) is 17.9 Å². The number of rotatable bonds is 7. The molecule has 1 atom stereocenters. The van der Waals surface area contributed by atoms with Crippen LogP contribution in [0.4, 0.5) is 0 Å². The minimum atomic E-state index is -0.0441. The number of carbonyl (C=O) groups is 1. The van der Waals surface area contributed by atoms with Crippen LogP contribution in [0.3, 0.4) is 0 Å². The van der Waals surface area contributed by atoms with E-state index < -0.39 is 0 Å². The van der Waals surface area contributed by atoms with Crippen LogP contribution in [0.15, 0.2) is 30.3 Å². The molecule has 1 aromatic rings. The van der Waals surface area contributed by atoms with Gasteiger partial charge in [0, 0.05) is 11.6 Å². The topological polar surface area (TPSA) is 29.1 Å². The van der Waals surface area contributed by atoms with Gasteiger partial charge < -0.3 is 5.32 Å². The molecule has 0 aliphatic heterocycles. The number of unbranched alkanes of at least 4 members (excludes halogenated alkanes) is 1. The average molecular weight is 270 g/mol. The Morgan fingerprint density at radius 3 is 2.33 bits per heavy atom. The van der Waals surface area contributed by atoms with Crippen molar-refractivity contribution in [2.45, 2.75) is 52.1 Å². The summed E-state index contributed by atoms with van der Waals surface area (Å²) < 4.78 is 0. The molecule has 18 heavy (non-hydrogen) atoms. The van der Waals surface area contributed by atoms with E-state index in [-0.39, 0.29) is 24.2 Å². The zero-order chi connectivity index (χ0) is 12.7. The van der Waals surface area contributed by atoms with Crippen LogP contribution in [0, 0.1) is 0 Å². The van der Waals surface area contributed by atoms with Crippen molar-refractivity contribution in [1.82, 2.24) is 5.32 Å². The quantitative estimate of drug-likeness (QED) is 0.762. The maximum Gasteiger partial charge on any atom is 0.179 e. The molecule has 1 rings (SSSR count). The molecule has 0 saturated carbocycles.